The Morgan fingerprint density at radius 1 is 0.375 bits per heavy atom. The van der Waals surface area contributed by atoms with Crippen LogP contribution in [0.25, 0.3) is 0 Å². The summed E-state index contributed by atoms with van der Waals surface area (Å²) in [5.41, 5.74) is 0. The van der Waals surface area contributed by atoms with Gasteiger partial charge in [-0.05, 0) is 0 Å². The van der Waals surface area contributed by atoms with Crippen molar-refractivity contribution < 1.29 is 32.7 Å². The molecule has 0 amide bonds. The molecule has 0 bridgehead atoms. The van der Waals surface area contributed by atoms with Crippen molar-refractivity contribution in [2.24, 2.45) is 0 Å². The van der Waals surface area contributed by atoms with E-state index in [0.29, 0.717) is 0 Å². The zero-order valence-corrected chi connectivity index (χ0v) is 11.1. The molecule has 1 heteroatoms. The van der Waals surface area contributed by atoms with E-state index in [9.17, 15) is 0 Å². The molecule has 3 aromatic carbocycles. The van der Waals surface area contributed by atoms with Gasteiger partial charge in [-0.25, -0.2) is 0 Å². The molecule has 16 heavy (non-hydrogen) atoms. The quantitative estimate of drug-likeness (QED) is 0.548. The Balaban J connectivity index is 0.000000205. The third-order valence-electron chi connectivity index (χ3n) is 1.05. The molecule has 0 aliphatic carbocycles. The molecule has 0 aromatic heterocycles. The van der Waals surface area contributed by atoms with Gasteiger partial charge in [-0.2, -0.15) is 0 Å². The van der Waals surface area contributed by atoms with Crippen LogP contribution in [0.4, 0.5) is 0 Å². The van der Waals surface area contributed by atoms with E-state index in [2.05, 4.69) is 72.8 Å². The van der Waals surface area contributed by atoms with Crippen LogP contribution in [0.15, 0.2) is 18.2 Å². The van der Waals surface area contributed by atoms with Crippen LogP contribution in [0.5, 0.6) is 0 Å². The summed E-state index contributed by atoms with van der Waals surface area (Å²) in [6.45, 7) is 0. The Morgan fingerprint density at radius 2 is 0.562 bits per heavy atom. The van der Waals surface area contributed by atoms with Gasteiger partial charge in [-0.15, -0.1) is 0 Å². The van der Waals surface area contributed by atoms with Crippen molar-refractivity contribution in [2.75, 3.05) is 0 Å². The van der Waals surface area contributed by atoms with Gasteiger partial charge in [0, 0.05) is 0 Å². The Hall–Kier alpha value is -0.846. The van der Waals surface area contributed by atoms with Crippen LogP contribution in [-0.2, 0) is 32.7 Å². The minimum Gasteiger partial charge on any atom is -0.999 e. The maximum Gasteiger partial charge on any atom is 3.00 e. The first-order valence-corrected chi connectivity index (χ1v) is 3.98. The van der Waals surface area contributed by atoms with Gasteiger partial charge >= 0.3 is 32.7 Å². The molecule has 0 radical (unpaired) electrons. The molecule has 0 unspecified atom stereocenters. The zero-order valence-electron chi connectivity index (χ0n) is 8.31. The number of hydrogen-bond donors (Lipinski definition) is 0. The molecule has 3 aromatic rings. The van der Waals surface area contributed by atoms with Gasteiger partial charge in [-0.3, -0.25) is 0 Å². The van der Waals surface area contributed by atoms with E-state index < -0.39 is 0 Å². The first-order chi connectivity index (χ1) is 7.50. The fraction of sp³-hybridized carbons (Fsp3) is 0. The number of rotatable bonds is 0. The van der Waals surface area contributed by atoms with E-state index in [1.807, 2.05) is 0 Å². The van der Waals surface area contributed by atoms with Crippen LogP contribution in [0.3, 0.4) is 0 Å². The SMILES string of the molecule is [Y+3].[c-]1[c-][c-][cH-][c-]1.[c-]1[c-][c-][cH-][c-]1.[c-]1[c-][c-][cH-][c-]1. The Labute approximate surface area is 123 Å². The molecule has 78 valence electrons. The summed E-state index contributed by atoms with van der Waals surface area (Å²) >= 11 is 0. The molecule has 0 aliphatic rings. The van der Waals surface area contributed by atoms with Crippen LogP contribution in [-0.4, -0.2) is 0 Å². The largest absolute Gasteiger partial charge is 3.00 e. The minimum absolute atomic E-state index is 0. The molecule has 0 saturated carbocycles. The van der Waals surface area contributed by atoms with Crippen molar-refractivity contribution in [1.29, 1.82) is 0 Å². The van der Waals surface area contributed by atoms with Crippen LogP contribution >= 0.6 is 0 Å². The molecule has 0 N–H and O–H groups in total. The fourth-order valence-corrected chi connectivity index (χ4v) is 0.541. The molecule has 0 saturated heterocycles. The predicted octanol–water partition coefficient (Wildman–Crippen LogP) is 1.82. The monoisotopic (exact) mass is 272 g/mol. The van der Waals surface area contributed by atoms with Gasteiger partial charge in [0.25, 0.3) is 0 Å². The van der Waals surface area contributed by atoms with Crippen LogP contribution in [0, 0.1) is 72.8 Å². The summed E-state index contributed by atoms with van der Waals surface area (Å²) in [6, 6.07) is 36.0. The normalized spacial score (nSPS) is 7.50. The second-order valence-electron chi connectivity index (χ2n) is 2.05. The third-order valence-corrected chi connectivity index (χ3v) is 1.05. The van der Waals surface area contributed by atoms with Crippen LogP contribution in [0.2, 0.25) is 0 Å². The predicted molar refractivity (Wildman–Crippen MR) is 52.1 cm³/mol. The molecular weight excluding hydrogens is 269 g/mol. The summed E-state index contributed by atoms with van der Waals surface area (Å²) in [7, 11) is 0. The van der Waals surface area contributed by atoms with Crippen LogP contribution < -0.4 is 0 Å². The Kier molecular flexibility index (Phi) is 11.6. The fourth-order valence-electron chi connectivity index (χ4n) is 0.541. The van der Waals surface area contributed by atoms with Crippen molar-refractivity contribution in [3.8, 4) is 0 Å². The molecule has 0 atom stereocenters. The maximum atomic E-state index is 2.62. The van der Waals surface area contributed by atoms with E-state index in [4.69, 9.17) is 0 Å². The molecule has 0 fully saturated rings. The summed E-state index contributed by atoms with van der Waals surface area (Å²) in [4.78, 5) is 0. The van der Waals surface area contributed by atoms with Crippen molar-refractivity contribution in [3.05, 3.63) is 91.0 Å². The zero-order chi connectivity index (χ0) is 10.6. The molecular formula is C15H3Y-12. The molecule has 0 spiro atoms. The second-order valence-corrected chi connectivity index (χ2v) is 2.05. The average Bonchev–Trinajstić information content (AvgIpc) is 3.09. The Bertz CT molecular complexity index is 237. The average molecular weight is 272 g/mol. The van der Waals surface area contributed by atoms with E-state index in [1.165, 1.54) is 0 Å². The Morgan fingerprint density at radius 3 is 0.625 bits per heavy atom. The van der Waals surface area contributed by atoms with Crippen molar-refractivity contribution >= 4 is 0 Å². The molecule has 0 nitrogen and oxygen atoms in total. The summed E-state index contributed by atoms with van der Waals surface area (Å²) in [5, 5.41) is 0. The maximum absolute atomic E-state index is 2.62. The van der Waals surface area contributed by atoms with Gasteiger partial charge in [-0.1, -0.05) is 0 Å². The smallest absolute Gasteiger partial charge is 0.999 e. The van der Waals surface area contributed by atoms with E-state index >= 15 is 0 Å². The summed E-state index contributed by atoms with van der Waals surface area (Å²) < 4.78 is 0. The standard InChI is InChI=1S/3C5H.Y/c3*1-2-4-5-3-1;/h3*1H;/q3*-5;+3. The molecule has 3 rings (SSSR count). The van der Waals surface area contributed by atoms with Crippen LogP contribution in [0.1, 0.15) is 0 Å². The summed E-state index contributed by atoms with van der Waals surface area (Å²) in [6.07, 6.45) is 0. The van der Waals surface area contributed by atoms with Crippen molar-refractivity contribution in [2.45, 2.75) is 0 Å². The second kappa shape index (κ2) is 12.2. The van der Waals surface area contributed by atoms with Gasteiger partial charge in [0.15, 0.2) is 0 Å². The third kappa shape index (κ3) is 9.70. The first-order valence-electron chi connectivity index (χ1n) is 3.98. The van der Waals surface area contributed by atoms with E-state index in [1.54, 1.807) is 18.2 Å². The molecule has 0 heterocycles. The summed E-state index contributed by atoms with van der Waals surface area (Å²) in [5.74, 6) is 0. The van der Waals surface area contributed by atoms with Gasteiger partial charge in [0.1, 0.15) is 0 Å². The minimum atomic E-state index is 0. The van der Waals surface area contributed by atoms with E-state index in [-0.39, 0.29) is 32.7 Å². The molecule has 0 aliphatic heterocycles. The van der Waals surface area contributed by atoms with Gasteiger partial charge in [0.2, 0.25) is 0 Å². The van der Waals surface area contributed by atoms with E-state index in [0.717, 1.165) is 0 Å². The first kappa shape index (κ1) is 15.2. The van der Waals surface area contributed by atoms with Crippen molar-refractivity contribution in [1.82, 2.24) is 0 Å². The van der Waals surface area contributed by atoms with Gasteiger partial charge in [0.05, 0.1) is 0 Å². The topological polar surface area (TPSA) is 0 Å². The number of hydrogen-bond acceptors (Lipinski definition) is 0. The van der Waals surface area contributed by atoms with Crippen molar-refractivity contribution in [3.63, 3.8) is 0 Å². The van der Waals surface area contributed by atoms with Gasteiger partial charge < -0.3 is 91.0 Å².